The van der Waals surface area contributed by atoms with E-state index in [4.69, 9.17) is 14.6 Å². The highest BCUT2D eigenvalue weighted by atomic mass is 16.5. The van der Waals surface area contributed by atoms with E-state index in [-0.39, 0.29) is 11.4 Å². The van der Waals surface area contributed by atoms with Crippen molar-refractivity contribution in [2.45, 2.75) is 6.92 Å². The molecule has 0 aliphatic heterocycles. The number of carbonyl (C=O) groups is 1. The lowest BCUT2D eigenvalue weighted by Gasteiger charge is -2.10. The molecule has 0 bridgehead atoms. The topological polar surface area (TPSA) is 68.7 Å². The Balaban J connectivity index is 3.20. The Hall–Kier alpha value is -1.78. The molecule has 0 fully saturated rings. The number of rotatable bonds is 4. The zero-order chi connectivity index (χ0) is 10.6. The molecule has 0 saturated carbocycles. The molecule has 1 aromatic heterocycles. The van der Waals surface area contributed by atoms with Crippen LogP contribution in [0.15, 0.2) is 12.3 Å². The average molecular weight is 197 g/mol. The summed E-state index contributed by atoms with van der Waals surface area (Å²) in [5, 5.41) is 8.81. The highest BCUT2D eigenvalue weighted by Gasteiger charge is 2.17. The number of hydrogen-bond acceptors (Lipinski definition) is 4. The quantitative estimate of drug-likeness (QED) is 0.785. The summed E-state index contributed by atoms with van der Waals surface area (Å²) in [7, 11) is 1.45. The molecule has 0 unspecified atom stereocenters. The normalized spacial score (nSPS) is 9.57. The van der Waals surface area contributed by atoms with Gasteiger partial charge in [-0.25, -0.2) is 9.78 Å². The Morgan fingerprint density at radius 2 is 2.36 bits per heavy atom. The molecule has 0 spiro atoms. The van der Waals surface area contributed by atoms with Crippen LogP contribution >= 0.6 is 0 Å². The van der Waals surface area contributed by atoms with Gasteiger partial charge in [-0.15, -0.1) is 0 Å². The maximum Gasteiger partial charge on any atom is 0.358 e. The molecule has 0 amide bonds. The van der Waals surface area contributed by atoms with E-state index in [9.17, 15) is 4.79 Å². The Kier molecular flexibility index (Phi) is 3.28. The standard InChI is InChI=1S/C9H11NO4/c1-3-14-8-6(13-2)4-5-10-7(8)9(11)12/h4-5H,3H2,1-2H3,(H,11,12). The van der Waals surface area contributed by atoms with Crippen LogP contribution in [-0.4, -0.2) is 29.8 Å². The molecule has 76 valence electrons. The van der Waals surface area contributed by atoms with Crippen LogP contribution in [0.2, 0.25) is 0 Å². The minimum Gasteiger partial charge on any atom is -0.493 e. The number of nitrogens with zero attached hydrogens (tertiary/aromatic N) is 1. The fourth-order valence-electron chi connectivity index (χ4n) is 1.03. The Labute approximate surface area is 81.3 Å². The third-order valence-electron chi connectivity index (χ3n) is 1.58. The van der Waals surface area contributed by atoms with Crippen molar-refractivity contribution in [2.24, 2.45) is 0 Å². The van der Waals surface area contributed by atoms with Gasteiger partial charge in [0, 0.05) is 12.3 Å². The molecule has 0 aliphatic rings. The molecule has 14 heavy (non-hydrogen) atoms. The van der Waals surface area contributed by atoms with Crippen molar-refractivity contribution < 1.29 is 19.4 Å². The molecule has 5 heteroatoms. The van der Waals surface area contributed by atoms with E-state index in [0.29, 0.717) is 12.4 Å². The fraction of sp³-hybridized carbons (Fsp3) is 0.333. The molecule has 5 nitrogen and oxygen atoms in total. The zero-order valence-electron chi connectivity index (χ0n) is 7.98. The molecule has 1 aromatic rings. The molecule has 0 atom stereocenters. The number of hydrogen-bond donors (Lipinski definition) is 1. The van der Waals surface area contributed by atoms with Gasteiger partial charge in [0.1, 0.15) is 0 Å². The van der Waals surface area contributed by atoms with E-state index < -0.39 is 5.97 Å². The van der Waals surface area contributed by atoms with Crippen LogP contribution in [-0.2, 0) is 0 Å². The van der Waals surface area contributed by atoms with Gasteiger partial charge >= 0.3 is 5.97 Å². The van der Waals surface area contributed by atoms with Gasteiger partial charge in [0.05, 0.1) is 13.7 Å². The van der Waals surface area contributed by atoms with Gasteiger partial charge in [0.15, 0.2) is 17.2 Å². The number of methoxy groups -OCH3 is 1. The fourth-order valence-corrected chi connectivity index (χ4v) is 1.03. The lowest BCUT2D eigenvalue weighted by atomic mass is 10.3. The molecule has 0 aromatic carbocycles. The largest absolute Gasteiger partial charge is 0.493 e. The van der Waals surface area contributed by atoms with Gasteiger partial charge in [-0.2, -0.15) is 0 Å². The van der Waals surface area contributed by atoms with Gasteiger partial charge in [0.25, 0.3) is 0 Å². The second-order valence-electron chi connectivity index (χ2n) is 2.43. The van der Waals surface area contributed by atoms with E-state index >= 15 is 0 Å². The summed E-state index contributed by atoms with van der Waals surface area (Å²) in [4.78, 5) is 14.5. The Bertz CT molecular complexity index is 338. The summed E-state index contributed by atoms with van der Waals surface area (Å²) in [5.74, 6) is -0.586. The number of ether oxygens (including phenoxy) is 2. The molecule has 1 heterocycles. The highest BCUT2D eigenvalue weighted by Crippen LogP contribution is 2.29. The monoisotopic (exact) mass is 197 g/mol. The number of aromatic nitrogens is 1. The van der Waals surface area contributed by atoms with E-state index in [1.807, 2.05) is 0 Å². The maximum absolute atomic E-state index is 10.8. The first-order chi connectivity index (χ1) is 6.70. The molecule has 1 rings (SSSR count). The number of carboxylic acid groups (broad SMARTS) is 1. The number of pyridine rings is 1. The summed E-state index contributed by atoms with van der Waals surface area (Å²) < 4.78 is 10.1. The zero-order valence-corrected chi connectivity index (χ0v) is 7.98. The predicted molar refractivity (Wildman–Crippen MR) is 48.9 cm³/mol. The first-order valence-electron chi connectivity index (χ1n) is 4.09. The highest BCUT2D eigenvalue weighted by molar-refractivity contribution is 5.89. The number of aromatic carboxylic acids is 1. The van der Waals surface area contributed by atoms with Crippen LogP contribution < -0.4 is 9.47 Å². The molecular formula is C9H11NO4. The summed E-state index contributed by atoms with van der Waals surface area (Å²) in [5.41, 5.74) is -0.133. The van der Waals surface area contributed by atoms with E-state index in [1.54, 1.807) is 13.0 Å². The second kappa shape index (κ2) is 4.45. The third-order valence-corrected chi connectivity index (χ3v) is 1.58. The average Bonchev–Trinajstić information content (AvgIpc) is 2.18. The summed E-state index contributed by atoms with van der Waals surface area (Å²) in [6.45, 7) is 2.13. The van der Waals surface area contributed by atoms with Crippen LogP contribution in [0.3, 0.4) is 0 Å². The van der Waals surface area contributed by atoms with Crippen molar-refractivity contribution in [3.8, 4) is 11.5 Å². The molecule has 0 radical (unpaired) electrons. The molecule has 0 aliphatic carbocycles. The van der Waals surface area contributed by atoms with Gasteiger partial charge in [-0.1, -0.05) is 0 Å². The van der Waals surface area contributed by atoms with Crippen LogP contribution in [0.4, 0.5) is 0 Å². The maximum atomic E-state index is 10.8. The molecule has 1 N–H and O–H groups in total. The predicted octanol–water partition coefficient (Wildman–Crippen LogP) is 1.19. The molecule has 0 saturated heterocycles. The van der Waals surface area contributed by atoms with Crippen LogP contribution in [0, 0.1) is 0 Å². The summed E-state index contributed by atoms with van der Waals surface area (Å²) in [6, 6.07) is 1.55. The van der Waals surface area contributed by atoms with Crippen molar-refractivity contribution >= 4 is 5.97 Å². The van der Waals surface area contributed by atoms with Gasteiger partial charge in [-0.3, -0.25) is 0 Å². The van der Waals surface area contributed by atoms with Crippen molar-refractivity contribution in [1.82, 2.24) is 4.98 Å². The minimum atomic E-state index is -1.13. The van der Waals surface area contributed by atoms with Crippen LogP contribution in [0.5, 0.6) is 11.5 Å². The van der Waals surface area contributed by atoms with E-state index in [1.165, 1.54) is 13.3 Å². The lowest BCUT2D eigenvalue weighted by molar-refractivity contribution is 0.0684. The van der Waals surface area contributed by atoms with Crippen molar-refractivity contribution in [2.75, 3.05) is 13.7 Å². The first-order valence-corrected chi connectivity index (χ1v) is 4.09. The SMILES string of the molecule is CCOc1c(OC)ccnc1C(=O)O. The van der Waals surface area contributed by atoms with E-state index in [2.05, 4.69) is 4.98 Å². The third kappa shape index (κ3) is 1.93. The van der Waals surface area contributed by atoms with Gasteiger partial charge in [0.2, 0.25) is 0 Å². The summed E-state index contributed by atoms with van der Waals surface area (Å²) >= 11 is 0. The first kappa shape index (κ1) is 10.3. The molecular weight excluding hydrogens is 186 g/mol. The van der Waals surface area contributed by atoms with Crippen molar-refractivity contribution in [1.29, 1.82) is 0 Å². The summed E-state index contributed by atoms with van der Waals surface area (Å²) in [6.07, 6.45) is 1.37. The van der Waals surface area contributed by atoms with Gasteiger partial charge in [-0.05, 0) is 6.92 Å². The van der Waals surface area contributed by atoms with Gasteiger partial charge < -0.3 is 14.6 Å². The Morgan fingerprint density at radius 3 is 2.86 bits per heavy atom. The lowest BCUT2D eigenvalue weighted by Crippen LogP contribution is -2.06. The smallest absolute Gasteiger partial charge is 0.358 e. The van der Waals surface area contributed by atoms with Crippen LogP contribution in [0.1, 0.15) is 17.4 Å². The second-order valence-corrected chi connectivity index (χ2v) is 2.43. The number of carboxylic acids is 1. The van der Waals surface area contributed by atoms with Crippen LogP contribution in [0.25, 0.3) is 0 Å². The van der Waals surface area contributed by atoms with Crippen molar-refractivity contribution in [3.63, 3.8) is 0 Å². The Morgan fingerprint density at radius 1 is 1.64 bits per heavy atom. The van der Waals surface area contributed by atoms with E-state index in [0.717, 1.165) is 0 Å². The minimum absolute atomic E-state index is 0.133. The van der Waals surface area contributed by atoms with Crippen molar-refractivity contribution in [3.05, 3.63) is 18.0 Å².